The molecule has 1 aliphatic rings. The van der Waals surface area contributed by atoms with E-state index in [1.54, 1.807) is 19.1 Å². The molecule has 1 aliphatic heterocycles. The van der Waals surface area contributed by atoms with E-state index < -0.39 is 43.5 Å². The monoisotopic (exact) mass is 577 g/mol. The lowest BCUT2D eigenvalue weighted by molar-refractivity contribution is -0.118. The average molecular weight is 578 g/mol. The smallest absolute Gasteiger partial charge is 0.253 e. The number of sulfone groups is 1. The van der Waals surface area contributed by atoms with Crippen molar-refractivity contribution < 1.29 is 30.8 Å². The van der Waals surface area contributed by atoms with Gasteiger partial charge in [0, 0.05) is 36.8 Å². The molecule has 3 rings (SSSR count). The molecule has 1 saturated heterocycles. The Bertz CT molecular complexity index is 1420. The highest BCUT2D eigenvalue weighted by atomic mass is 35.5. The Labute approximate surface area is 218 Å². The Morgan fingerprint density at radius 1 is 1.28 bits per heavy atom. The molecule has 9 nitrogen and oxygen atoms in total. The maximum Gasteiger partial charge on any atom is 0.253 e. The minimum Gasteiger partial charge on any atom is -0.341 e. The molecule has 196 valence electrons. The number of hydrogen-bond donors (Lipinski definition) is 1. The summed E-state index contributed by atoms with van der Waals surface area (Å²) in [6.45, 7) is 1.63. The van der Waals surface area contributed by atoms with Crippen molar-refractivity contribution in [2.24, 2.45) is 0 Å². The van der Waals surface area contributed by atoms with Crippen molar-refractivity contribution in [1.82, 2.24) is 9.62 Å². The predicted molar refractivity (Wildman–Crippen MR) is 139 cm³/mol. The molecule has 0 radical (unpaired) electrons. The molecule has 0 bridgehead atoms. The quantitative estimate of drug-likeness (QED) is 0.489. The van der Waals surface area contributed by atoms with Crippen molar-refractivity contribution in [3.05, 3.63) is 56.3 Å². The number of allylic oxidation sites excluding steroid dienone is 1. The Balaban J connectivity index is 1.70. The number of hydrogen-bond acceptors (Lipinski definition) is 7. The Morgan fingerprint density at radius 2 is 1.97 bits per heavy atom. The summed E-state index contributed by atoms with van der Waals surface area (Å²) in [7, 11) is -5.85. The van der Waals surface area contributed by atoms with Crippen LogP contribution < -0.4 is 9.62 Å². The maximum atomic E-state index is 14.9. The summed E-state index contributed by atoms with van der Waals surface area (Å²) < 4.78 is 65.6. The van der Waals surface area contributed by atoms with Crippen LogP contribution in [0.5, 0.6) is 0 Å². The van der Waals surface area contributed by atoms with Gasteiger partial charge in [0.2, 0.25) is 15.9 Å². The Kier molecular flexibility index (Phi) is 8.61. The SMILES string of the molecule is C/C(=C\S(=O)(=O)N[C@H]1CCN(c2ccc(C(=O)N(C)CCS(C)(=O)=O)cc2F)C1=O)c1ccc(Cl)s1. The van der Waals surface area contributed by atoms with Crippen molar-refractivity contribution in [3.8, 4) is 0 Å². The van der Waals surface area contributed by atoms with Gasteiger partial charge in [0.05, 0.1) is 21.2 Å². The molecule has 0 spiro atoms. The molecule has 1 N–H and O–H groups in total. The van der Waals surface area contributed by atoms with Crippen LogP contribution in [0.4, 0.5) is 10.1 Å². The number of thiophene rings is 1. The lowest BCUT2D eigenvalue weighted by Crippen LogP contribution is -2.41. The molecule has 1 atom stereocenters. The van der Waals surface area contributed by atoms with Crippen molar-refractivity contribution in [3.63, 3.8) is 0 Å². The van der Waals surface area contributed by atoms with Crippen LogP contribution in [-0.2, 0) is 24.7 Å². The first-order valence-corrected chi connectivity index (χ1v) is 15.5. The van der Waals surface area contributed by atoms with Gasteiger partial charge in [-0.1, -0.05) is 11.6 Å². The fraction of sp³-hybridized carbons (Fsp3) is 0.364. The second-order valence-corrected chi connectivity index (χ2v) is 14.0. The number of carbonyl (C=O) groups is 2. The fourth-order valence-corrected chi connectivity index (χ4v) is 6.53. The second kappa shape index (κ2) is 11.0. The molecule has 2 heterocycles. The van der Waals surface area contributed by atoms with Gasteiger partial charge in [-0.15, -0.1) is 11.3 Å². The topological polar surface area (TPSA) is 121 Å². The van der Waals surface area contributed by atoms with Gasteiger partial charge in [-0.05, 0) is 49.2 Å². The first kappa shape index (κ1) is 28.3. The molecule has 0 saturated carbocycles. The molecule has 36 heavy (non-hydrogen) atoms. The zero-order valence-electron chi connectivity index (χ0n) is 19.7. The van der Waals surface area contributed by atoms with Gasteiger partial charge in [0.15, 0.2) is 0 Å². The number of carbonyl (C=O) groups excluding carboxylic acids is 2. The van der Waals surface area contributed by atoms with E-state index in [4.69, 9.17) is 11.6 Å². The first-order chi connectivity index (χ1) is 16.7. The molecular weight excluding hydrogens is 553 g/mol. The summed E-state index contributed by atoms with van der Waals surface area (Å²) in [4.78, 5) is 28.3. The third kappa shape index (κ3) is 7.13. The van der Waals surface area contributed by atoms with Crippen LogP contribution in [0.15, 0.2) is 35.7 Å². The van der Waals surface area contributed by atoms with Crippen molar-refractivity contribution >= 4 is 65.9 Å². The summed E-state index contributed by atoms with van der Waals surface area (Å²) in [6, 6.07) is 5.84. The number of benzene rings is 1. The van der Waals surface area contributed by atoms with Crippen LogP contribution in [0, 0.1) is 5.82 Å². The first-order valence-electron chi connectivity index (χ1n) is 10.7. The van der Waals surface area contributed by atoms with Crippen molar-refractivity contribution in [2.75, 3.05) is 37.0 Å². The van der Waals surface area contributed by atoms with E-state index in [0.717, 1.165) is 22.6 Å². The summed E-state index contributed by atoms with van der Waals surface area (Å²) >= 11 is 7.12. The minimum atomic E-state index is -3.98. The number of sulfonamides is 1. The van der Waals surface area contributed by atoms with Crippen molar-refractivity contribution in [2.45, 2.75) is 19.4 Å². The van der Waals surface area contributed by atoms with Crippen LogP contribution in [-0.4, -0.2) is 71.7 Å². The fourth-order valence-electron chi connectivity index (χ4n) is 3.56. The number of rotatable bonds is 9. The summed E-state index contributed by atoms with van der Waals surface area (Å²) in [5.41, 5.74) is 0.358. The molecule has 1 fully saturated rings. The van der Waals surface area contributed by atoms with E-state index >= 15 is 0 Å². The molecule has 0 unspecified atom stereocenters. The summed E-state index contributed by atoms with van der Waals surface area (Å²) in [5, 5.41) is 1.02. The molecule has 1 aromatic carbocycles. The van der Waals surface area contributed by atoms with Crippen LogP contribution in [0.2, 0.25) is 4.34 Å². The van der Waals surface area contributed by atoms with Gasteiger partial charge in [0.1, 0.15) is 21.7 Å². The van der Waals surface area contributed by atoms with Gasteiger partial charge >= 0.3 is 0 Å². The lowest BCUT2D eigenvalue weighted by Gasteiger charge is -2.20. The van der Waals surface area contributed by atoms with Crippen molar-refractivity contribution in [1.29, 1.82) is 0 Å². The third-order valence-electron chi connectivity index (χ3n) is 5.44. The number of anilines is 1. The van der Waals surface area contributed by atoms with E-state index in [2.05, 4.69) is 4.72 Å². The molecule has 14 heteroatoms. The highest BCUT2D eigenvalue weighted by Crippen LogP contribution is 2.29. The van der Waals surface area contributed by atoms with Gasteiger partial charge in [-0.25, -0.2) is 21.2 Å². The van der Waals surface area contributed by atoms with E-state index in [-0.39, 0.29) is 36.5 Å². The van der Waals surface area contributed by atoms with Crippen LogP contribution in [0.25, 0.3) is 5.57 Å². The molecule has 0 aliphatic carbocycles. The molecule has 1 aromatic heterocycles. The highest BCUT2D eigenvalue weighted by molar-refractivity contribution is 7.92. The largest absolute Gasteiger partial charge is 0.341 e. The third-order valence-corrected chi connectivity index (χ3v) is 9.00. The van der Waals surface area contributed by atoms with Gasteiger partial charge in [-0.2, -0.15) is 4.72 Å². The number of halogens is 2. The molecule has 2 amide bonds. The zero-order valence-corrected chi connectivity index (χ0v) is 22.9. The standard InChI is InChI=1S/C22H25ClFN3O6S3/c1-14(19-6-7-20(23)34-19)13-36(32,33)25-17-8-9-27(22(17)29)18-5-4-15(12-16(18)24)21(28)26(2)10-11-35(3,30)31/h4-7,12-13,17,25H,8-11H2,1-3H3/b14-13+/t17-/m0/s1. The predicted octanol–water partition coefficient (Wildman–Crippen LogP) is 2.74. The summed E-state index contributed by atoms with van der Waals surface area (Å²) in [6.07, 6.45) is 1.18. The molecule has 2 aromatic rings. The van der Waals surface area contributed by atoms with Gasteiger partial charge in [0.25, 0.3) is 5.91 Å². The zero-order chi connectivity index (χ0) is 26.8. The number of nitrogens with zero attached hydrogens (tertiary/aromatic N) is 2. The highest BCUT2D eigenvalue weighted by Gasteiger charge is 2.36. The van der Waals surface area contributed by atoms with Crippen LogP contribution in [0.1, 0.15) is 28.6 Å². The average Bonchev–Trinajstić information content (AvgIpc) is 3.36. The Hall–Kier alpha value is -2.32. The number of amides is 2. The van der Waals surface area contributed by atoms with E-state index in [1.165, 1.54) is 35.4 Å². The van der Waals surface area contributed by atoms with E-state index in [0.29, 0.717) is 14.8 Å². The van der Waals surface area contributed by atoms with Crippen LogP contribution in [0.3, 0.4) is 0 Å². The minimum absolute atomic E-state index is 0.00885. The van der Waals surface area contributed by atoms with Gasteiger partial charge in [-0.3, -0.25) is 9.59 Å². The summed E-state index contributed by atoms with van der Waals surface area (Å²) in [5.74, 6) is -2.26. The lowest BCUT2D eigenvalue weighted by atomic mass is 10.1. The second-order valence-electron chi connectivity index (χ2n) is 8.42. The van der Waals surface area contributed by atoms with Crippen LogP contribution >= 0.6 is 22.9 Å². The van der Waals surface area contributed by atoms with Gasteiger partial charge < -0.3 is 9.80 Å². The number of nitrogens with one attached hydrogen (secondary N) is 1. The maximum absolute atomic E-state index is 14.9. The Morgan fingerprint density at radius 3 is 2.56 bits per heavy atom. The molecular formula is C22H25ClFN3O6S3. The van der Waals surface area contributed by atoms with E-state index in [9.17, 15) is 30.8 Å². The van der Waals surface area contributed by atoms with E-state index in [1.807, 2.05) is 0 Å². The normalized spacial score (nSPS) is 17.0.